The lowest BCUT2D eigenvalue weighted by atomic mass is 9.93. The molecule has 3 aromatic carbocycles. The lowest BCUT2D eigenvalue weighted by Crippen LogP contribution is -2.27. The van der Waals surface area contributed by atoms with Gasteiger partial charge in [0.1, 0.15) is 11.4 Å². The van der Waals surface area contributed by atoms with Gasteiger partial charge < -0.3 is 9.84 Å². The van der Waals surface area contributed by atoms with Gasteiger partial charge in [-0.05, 0) is 55.8 Å². The van der Waals surface area contributed by atoms with Gasteiger partial charge in [-0.25, -0.2) is 9.78 Å². The quantitative estimate of drug-likeness (QED) is 0.399. The van der Waals surface area contributed by atoms with E-state index in [4.69, 9.17) is 4.74 Å². The van der Waals surface area contributed by atoms with E-state index in [-0.39, 0.29) is 5.56 Å². The average Bonchev–Trinajstić information content (AvgIpc) is 2.77. The van der Waals surface area contributed by atoms with E-state index in [0.717, 1.165) is 22.2 Å². The molecule has 31 heavy (non-hydrogen) atoms. The second-order valence-corrected chi connectivity index (χ2v) is 7.80. The zero-order valence-corrected chi connectivity index (χ0v) is 17.4. The Morgan fingerprint density at radius 2 is 1.68 bits per heavy atom. The van der Waals surface area contributed by atoms with Crippen molar-refractivity contribution in [3.05, 3.63) is 107 Å². The summed E-state index contributed by atoms with van der Waals surface area (Å²) in [5, 5.41) is 10.6. The van der Waals surface area contributed by atoms with Crippen molar-refractivity contribution >= 4 is 29.0 Å². The first kappa shape index (κ1) is 20.4. The molecule has 0 spiro atoms. The molecule has 0 amide bonds. The molecular weight excluding hydrogens is 386 g/mol. The third kappa shape index (κ3) is 4.64. The van der Waals surface area contributed by atoms with Crippen LogP contribution in [-0.2, 0) is 5.60 Å². The molecule has 4 nitrogen and oxygen atoms in total. The van der Waals surface area contributed by atoms with Crippen LogP contribution in [0.1, 0.15) is 41.0 Å². The molecule has 154 valence electrons. The summed E-state index contributed by atoms with van der Waals surface area (Å²) >= 11 is 0. The Labute approximate surface area is 181 Å². The molecule has 0 radical (unpaired) electrons. The number of carboxylic acid groups (broad SMARTS) is 1. The minimum atomic E-state index is -0.966. The van der Waals surface area contributed by atoms with E-state index in [1.54, 1.807) is 18.2 Å². The van der Waals surface area contributed by atoms with Crippen molar-refractivity contribution in [1.29, 1.82) is 0 Å². The molecule has 0 unspecified atom stereocenters. The van der Waals surface area contributed by atoms with Crippen LogP contribution >= 0.6 is 0 Å². The number of pyridine rings is 1. The largest absolute Gasteiger partial charge is 0.483 e. The highest BCUT2D eigenvalue weighted by Gasteiger charge is 2.27. The molecule has 0 fully saturated rings. The topological polar surface area (TPSA) is 59.4 Å². The highest BCUT2D eigenvalue weighted by atomic mass is 16.5. The van der Waals surface area contributed by atoms with Crippen molar-refractivity contribution in [2.24, 2.45) is 0 Å². The predicted molar refractivity (Wildman–Crippen MR) is 124 cm³/mol. The number of carbonyl (C=O) groups is 1. The minimum Gasteiger partial charge on any atom is -0.483 e. The van der Waals surface area contributed by atoms with Crippen molar-refractivity contribution in [1.82, 2.24) is 4.98 Å². The van der Waals surface area contributed by atoms with Gasteiger partial charge in [-0.1, -0.05) is 60.7 Å². The fourth-order valence-corrected chi connectivity index (χ4v) is 3.58. The maximum Gasteiger partial charge on any atom is 0.336 e. The number of hydrogen-bond acceptors (Lipinski definition) is 3. The van der Waals surface area contributed by atoms with Crippen LogP contribution in [-0.4, -0.2) is 16.1 Å². The Kier molecular flexibility index (Phi) is 5.54. The molecule has 4 rings (SSSR count). The van der Waals surface area contributed by atoms with Crippen molar-refractivity contribution in [2.45, 2.75) is 19.4 Å². The summed E-state index contributed by atoms with van der Waals surface area (Å²) in [6.07, 6.45) is 3.96. The number of hydrogen-bond donors (Lipinski definition) is 1. The standard InChI is InChI=1S/C27H23NO3/c1-27(2,24-12-5-4-11-23(24)26(29)30)31-22-10-7-8-19(18-22)14-16-21-17-15-20-9-3-6-13-25(20)28-21/h3-18H,1-2H3,(H,29,30)/b16-14+. The molecule has 1 aromatic heterocycles. The van der Waals surface area contributed by atoms with Crippen LogP contribution in [0.3, 0.4) is 0 Å². The molecule has 0 atom stereocenters. The Morgan fingerprint density at radius 1 is 0.903 bits per heavy atom. The van der Waals surface area contributed by atoms with Gasteiger partial charge in [-0.2, -0.15) is 0 Å². The second kappa shape index (κ2) is 8.44. The first-order chi connectivity index (χ1) is 14.9. The normalized spacial score (nSPS) is 11.7. The summed E-state index contributed by atoms with van der Waals surface area (Å²) in [4.78, 5) is 16.3. The van der Waals surface area contributed by atoms with Gasteiger partial charge in [0.05, 0.1) is 16.8 Å². The number of rotatable bonds is 6. The number of benzene rings is 3. The monoisotopic (exact) mass is 409 g/mol. The number of para-hydroxylation sites is 1. The highest BCUT2D eigenvalue weighted by Crippen LogP contribution is 2.31. The van der Waals surface area contributed by atoms with Gasteiger partial charge in [-0.15, -0.1) is 0 Å². The van der Waals surface area contributed by atoms with Crippen molar-refractivity contribution in [3.8, 4) is 5.75 Å². The minimum absolute atomic E-state index is 0.242. The molecule has 1 heterocycles. The maximum absolute atomic E-state index is 11.6. The van der Waals surface area contributed by atoms with E-state index in [2.05, 4.69) is 11.1 Å². The molecule has 1 N–H and O–H groups in total. The van der Waals surface area contributed by atoms with E-state index < -0.39 is 11.6 Å². The number of nitrogens with zero attached hydrogens (tertiary/aromatic N) is 1. The van der Waals surface area contributed by atoms with Crippen LogP contribution in [0.4, 0.5) is 0 Å². The maximum atomic E-state index is 11.6. The molecule has 4 heteroatoms. The van der Waals surface area contributed by atoms with Crippen LogP contribution < -0.4 is 4.74 Å². The Hall–Kier alpha value is -3.92. The highest BCUT2D eigenvalue weighted by molar-refractivity contribution is 5.89. The zero-order chi connectivity index (χ0) is 21.8. The summed E-state index contributed by atoms with van der Waals surface area (Å²) in [5.41, 5.74) is 2.86. The summed E-state index contributed by atoms with van der Waals surface area (Å²) in [6, 6.07) is 26.7. The second-order valence-electron chi connectivity index (χ2n) is 7.80. The van der Waals surface area contributed by atoms with Crippen LogP contribution in [0.15, 0.2) is 84.9 Å². The van der Waals surface area contributed by atoms with Crippen molar-refractivity contribution < 1.29 is 14.6 Å². The van der Waals surface area contributed by atoms with Gasteiger partial charge in [0, 0.05) is 10.9 Å². The van der Waals surface area contributed by atoms with Gasteiger partial charge >= 0.3 is 5.97 Å². The molecule has 0 aliphatic carbocycles. The molecule has 0 aliphatic heterocycles. The van der Waals surface area contributed by atoms with E-state index in [0.29, 0.717) is 11.3 Å². The summed E-state index contributed by atoms with van der Waals surface area (Å²) < 4.78 is 6.22. The summed E-state index contributed by atoms with van der Waals surface area (Å²) in [6.45, 7) is 3.74. The Balaban J connectivity index is 1.56. The Morgan fingerprint density at radius 3 is 2.52 bits per heavy atom. The van der Waals surface area contributed by atoms with E-state index >= 15 is 0 Å². The van der Waals surface area contributed by atoms with Crippen LogP contribution in [0.2, 0.25) is 0 Å². The first-order valence-electron chi connectivity index (χ1n) is 10.1. The Bertz CT molecular complexity index is 1270. The number of aromatic nitrogens is 1. The molecule has 0 saturated carbocycles. The van der Waals surface area contributed by atoms with Crippen LogP contribution in [0.5, 0.6) is 5.75 Å². The van der Waals surface area contributed by atoms with E-state index in [1.165, 1.54) is 0 Å². The predicted octanol–water partition coefficient (Wildman–Crippen LogP) is 6.42. The SMILES string of the molecule is CC(C)(Oc1cccc(/C=C/c2ccc3ccccc3n2)c1)c1ccccc1C(=O)O. The molecule has 0 bridgehead atoms. The van der Waals surface area contributed by atoms with Gasteiger partial charge in [0.2, 0.25) is 0 Å². The number of aromatic carboxylic acids is 1. The van der Waals surface area contributed by atoms with Crippen LogP contribution in [0.25, 0.3) is 23.1 Å². The molecule has 4 aromatic rings. The van der Waals surface area contributed by atoms with E-state index in [9.17, 15) is 9.90 Å². The average molecular weight is 409 g/mol. The third-order valence-electron chi connectivity index (χ3n) is 5.10. The smallest absolute Gasteiger partial charge is 0.336 e. The fourth-order valence-electron chi connectivity index (χ4n) is 3.58. The van der Waals surface area contributed by atoms with Crippen molar-refractivity contribution in [2.75, 3.05) is 0 Å². The molecule has 0 saturated heterocycles. The molecular formula is C27H23NO3. The lowest BCUT2D eigenvalue weighted by molar-refractivity contribution is 0.0673. The van der Waals surface area contributed by atoms with Gasteiger partial charge in [-0.3, -0.25) is 0 Å². The van der Waals surface area contributed by atoms with Gasteiger partial charge in [0.15, 0.2) is 0 Å². The van der Waals surface area contributed by atoms with Gasteiger partial charge in [0.25, 0.3) is 0 Å². The van der Waals surface area contributed by atoms with Crippen LogP contribution in [0, 0.1) is 0 Å². The number of carboxylic acids is 1. The van der Waals surface area contributed by atoms with E-state index in [1.807, 2.05) is 86.7 Å². The summed E-state index contributed by atoms with van der Waals surface area (Å²) in [5.74, 6) is -0.300. The first-order valence-corrected chi connectivity index (χ1v) is 10.1. The molecule has 0 aliphatic rings. The number of fused-ring (bicyclic) bond motifs is 1. The zero-order valence-electron chi connectivity index (χ0n) is 17.4. The number of ether oxygens (including phenoxy) is 1. The fraction of sp³-hybridized carbons (Fsp3) is 0.111. The lowest BCUT2D eigenvalue weighted by Gasteiger charge is -2.28. The van der Waals surface area contributed by atoms with Crippen molar-refractivity contribution in [3.63, 3.8) is 0 Å². The third-order valence-corrected chi connectivity index (χ3v) is 5.10. The summed E-state index contributed by atoms with van der Waals surface area (Å²) in [7, 11) is 0.